The van der Waals surface area contributed by atoms with E-state index < -0.39 is 12.0 Å². The molecule has 0 radical (unpaired) electrons. The van der Waals surface area contributed by atoms with Gasteiger partial charge in [0.1, 0.15) is 6.04 Å². The molecule has 6 nitrogen and oxygen atoms in total. The highest BCUT2D eigenvalue weighted by atomic mass is 16.4. The maximum Gasteiger partial charge on any atom is 0.322 e. The molecule has 1 fully saturated rings. The van der Waals surface area contributed by atoms with E-state index in [-0.39, 0.29) is 31.2 Å². The fraction of sp³-hybridized carbons (Fsp3) is 0.667. The van der Waals surface area contributed by atoms with Gasteiger partial charge >= 0.3 is 5.97 Å². The van der Waals surface area contributed by atoms with Gasteiger partial charge in [-0.05, 0) is 12.8 Å². The van der Waals surface area contributed by atoms with Gasteiger partial charge in [-0.3, -0.25) is 19.3 Å². The van der Waals surface area contributed by atoms with Crippen LogP contribution in [0, 0.1) is 0 Å². The molecule has 0 aromatic heterocycles. The molecule has 1 heterocycles. The predicted molar refractivity (Wildman–Crippen MR) is 50.8 cm³/mol. The molecular weight excluding hydrogens is 200 g/mol. The molecule has 1 saturated heterocycles. The van der Waals surface area contributed by atoms with E-state index in [0.29, 0.717) is 12.8 Å². The van der Waals surface area contributed by atoms with E-state index in [0.717, 1.165) is 4.90 Å². The molecule has 15 heavy (non-hydrogen) atoms. The Morgan fingerprint density at radius 3 is 2.20 bits per heavy atom. The van der Waals surface area contributed by atoms with Crippen molar-refractivity contribution in [2.45, 2.75) is 31.7 Å². The van der Waals surface area contributed by atoms with Crippen molar-refractivity contribution in [2.75, 3.05) is 6.54 Å². The van der Waals surface area contributed by atoms with E-state index in [1.165, 1.54) is 0 Å². The highest BCUT2D eigenvalue weighted by Crippen LogP contribution is 2.12. The van der Waals surface area contributed by atoms with Gasteiger partial charge in [0.05, 0.1) is 6.54 Å². The molecule has 0 aromatic carbocycles. The molecule has 0 bridgehead atoms. The van der Waals surface area contributed by atoms with E-state index >= 15 is 0 Å². The Morgan fingerprint density at radius 2 is 1.80 bits per heavy atom. The van der Waals surface area contributed by atoms with E-state index in [1.54, 1.807) is 0 Å². The largest absolute Gasteiger partial charge is 0.480 e. The van der Waals surface area contributed by atoms with Gasteiger partial charge < -0.3 is 10.8 Å². The van der Waals surface area contributed by atoms with Crippen LogP contribution in [0.4, 0.5) is 0 Å². The normalized spacial score (nSPS) is 19.9. The number of imide groups is 1. The molecule has 3 N–H and O–H groups in total. The van der Waals surface area contributed by atoms with Gasteiger partial charge in [-0.15, -0.1) is 0 Å². The molecule has 0 saturated carbocycles. The zero-order chi connectivity index (χ0) is 11.4. The quantitative estimate of drug-likeness (QED) is 0.606. The summed E-state index contributed by atoms with van der Waals surface area (Å²) in [6, 6.07) is -1.20. The third-order valence-electron chi connectivity index (χ3n) is 2.33. The summed E-state index contributed by atoms with van der Waals surface area (Å²) in [5.74, 6) is -1.86. The van der Waals surface area contributed by atoms with Crippen LogP contribution >= 0.6 is 0 Å². The first-order valence-electron chi connectivity index (χ1n) is 4.84. The summed E-state index contributed by atoms with van der Waals surface area (Å²) < 4.78 is 0. The maximum absolute atomic E-state index is 11.4. The summed E-state index contributed by atoms with van der Waals surface area (Å²) in [4.78, 5) is 34.3. The van der Waals surface area contributed by atoms with Gasteiger partial charge in [-0.2, -0.15) is 0 Å². The second kappa shape index (κ2) is 4.88. The average molecular weight is 214 g/mol. The van der Waals surface area contributed by atoms with Crippen molar-refractivity contribution in [3.63, 3.8) is 0 Å². The van der Waals surface area contributed by atoms with Crippen molar-refractivity contribution in [1.82, 2.24) is 4.90 Å². The monoisotopic (exact) mass is 214 g/mol. The molecule has 0 spiro atoms. The second-order valence-electron chi connectivity index (χ2n) is 3.55. The summed E-state index contributed by atoms with van der Waals surface area (Å²) in [6.45, 7) is -0.229. The Balaban J connectivity index is 2.67. The summed E-state index contributed by atoms with van der Waals surface area (Å²) in [6.07, 6.45) is 1.92. The molecule has 1 rings (SSSR count). The number of nitrogens with zero attached hydrogens (tertiary/aromatic N) is 1. The third-order valence-corrected chi connectivity index (χ3v) is 2.33. The number of carboxylic acid groups (broad SMARTS) is 1. The highest BCUT2D eigenvalue weighted by Gasteiger charge is 2.27. The fourth-order valence-electron chi connectivity index (χ4n) is 1.44. The molecule has 1 aliphatic heterocycles. The number of hydrogen-bond donors (Lipinski definition) is 2. The van der Waals surface area contributed by atoms with E-state index in [1.807, 2.05) is 0 Å². The van der Waals surface area contributed by atoms with Crippen LogP contribution in [-0.2, 0) is 14.4 Å². The minimum atomic E-state index is -1.21. The molecular formula is C9H14N2O4. The number of rotatable bonds is 3. The molecule has 2 amide bonds. The van der Waals surface area contributed by atoms with Gasteiger partial charge in [-0.1, -0.05) is 0 Å². The standard InChI is InChI=1S/C9H14N2O4/c10-6(9(14)15)5-11-7(12)3-1-2-4-8(11)13/h6H,1-5,10H2,(H,14,15). The van der Waals surface area contributed by atoms with E-state index in [9.17, 15) is 14.4 Å². The molecule has 0 aromatic rings. The second-order valence-corrected chi connectivity index (χ2v) is 3.55. The van der Waals surface area contributed by atoms with Crippen molar-refractivity contribution >= 4 is 17.8 Å². The predicted octanol–water partition coefficient (Wildman–Crippen LogP) is -0.673. The topological polar surface area (TPSA) is 101 Å². The smallest absolute Gasteiger partial charge is 0.322 e. The van der Waals surface area contributed by atoms with Crippen molar-refractivity contribution in [3.05, 3.63) is 0 Å². The van der Waals surface area contributed by atoms with Gasteiger partial charge in [0, 0.05) is 12.8 Å². The number of likely N-dealkylation sites (tertiary alicyclic amines) is 1. The number of carboxylic acids is 1. The molecule has 1 unspecified atom stereocenters. The summed E-state index contributed by atoms with van der Waals surface area (Å²) >= 11 is 0. The van der Waals surface area contributed by atoms with Gasteiger partial charge in [0.15, 0.2) is 0 Å². The van der Waals surface area contributed by atoms with Crippen LogP contribution in [0.3, 0.4) is 0 Å². The summed E-state index contributed by atoms with van der Waals surface area (Å²) in [5, 5.41) is 8.58. The Hall–Kier alpha value is -1.43. The van der Waals surface area contributed by atoms with Crippen LogP contribution in [0.2, 0.25) is 0 Å². The molecule has 6 heteroatoms. The Morgan fingerprint density at radius 1 is 1.33 bits per heavy atom. The number of nitrogens with two attached hydrogens (primary N) is 1. The van der Waals surface area contributed by atoms with Crippen LogP contribution < -0.4 is 5.73 Å². The van der Waals surface area contributed by atoms with Crippen LogP contribution in [-0.4, -0.2) is 40.4 Å². The number of carbonyl (C=O) groups excluding carboxylic acids is 2. The lowest BCUT2D eigenvalue weighted by Crippen LogP contribution is -2.47. The van der Waals surface area contributed by atoms with Crippen molar-refractivity contribution in [2.24, 2.45) is 5.73 Å². The Bertz CT molecular complexity index is 272. The minimum absolute atomic E-state index is 0.229. The van der Waals surface area contributed by atoms with Gasteiger partial charge in [0.2, 0.25) is 11.8 Å². The van der Waals surface area contributed by atoms with Gasteiger partial charge in [-0.25, -0.2) is 0 Å². The van der Waals surface area contributed by atoms with E-state index in [2.05, 4.69) is 0 Å². The van der Waals surface area contributed by atoms with Crippen molar-refractivity contribution in [1.29, 1.82) is 0 Å². The average Bonchev–Trinajstić information content (AvgIpc) is 2.32. The highest BCUT2D eigenvalue weighted by molar-refractivity contribution is 5.96. The van der Waals surface area contributed by atoms with Crippen LogP contribution in [0.1, 0.15) is 25.7 Å². The van der Waals surface area contributed by atoms with Crippen LogP contribution in [0.5, 0.6) is 0 Å². The lowest BCUT2D eigenvalue weighted by atomic mass is 10.2. The Kier molecular flexibility index (Phi) is 3.79. The number of amides is 2. The lowest BCUT2D eigenvalue weighted by Gasteiger charge is -2.20. The number of aliphatic carboxylic acids is 1. The van der Waals surface area contributed by atoms with Crippen molar-refractivity contribution < 1.29 is 19.5 Å². The zero-order valence-electron chi connectivity index (χ0n) is 8.31. The minimum Gasteiger partial charge on any atom is -0.480 e. The maximum atomic E-state index is 11.4. The summed E-state index contributed by atoms with van der Waals surface area (Å²) in [7, 11) is 0. The third kappa shape index (κ3) is 3.02. The fourth-order valence-corrected chi connectivity index (χ4v) is 1.44. The lowest BCUT2D eigenvalue weighted by molar-refractivity contribution is -0.145. The molecule has 1 aliphatic rings. The number of carbonyl (C=O) groups is 3. The zero-order valence-corrected chi connectivity index (χ0v) is 8.31. The van der Waals surface area contributed by atoms with Crippen LogP contribution in [0.25, 0.3) is 0 Å². The first-order valence-corrected chi connectivity index (χ1v) is 4.84. The van der Waals surface area contributed by atoms with Crippen molar-refractivity contribution in [3.8, 4) is 0 Å². The first kappa shape index (κ1) is 11.6. The Labute approximate surface area is 87.0 Å². The van der Waals surface area contributed by atoms with Gasteiger partial charge in [0.25, 0.3) is 0 Å². The molecule has 1 atom stereocenters. The van der Waals surface area contributed by atoms with Crippen LogP contribution in [0.15, 0.2) is 0 Å². The summed E-state index contributed by atoms with van der Waals surface area (Å²) in [5.41, 5.74) is 5.28. The molecule has 84 valence electrons. The van der Waals surface area contributed by atoms with E-state index in [4.69, 9.17) is 10.8 Å². The SMILES string of the molecule is NC(CN1C(=O)CCCCC1=O)C(=O)O. The molecule has 0 aliphatic carbocycles. The first-order chi connectivity index (χ1) is 7.02. The number of hydrogen-bond acceptors (Lipinski definition) is 4.